The molecule has 6 heteroatoms. The molecule has 2 aromatic carbocycles. The standard InChI is InChI=1S/C21H21FN4O/c1-2-25-19(27)12-17(14-8-10-15(22)11-9-14)20-18(13-23)24-26(21(20)25)16-6-4-3-5-7-16/h3-11,17H,2,12-13,23H2,1H3/t17-/m0/s1. The van der Waals surface area contributed by atoms with Gasteiger partial charge in [0.05, 0.1) is 11.4 Å². The Balaban J connectivity index is 1.95. The van der Waals surface area contributed by atoms with E-state index in [0.29, 0.717) is 13.0 Å². The molecule has 1 atom stereocenters. The fourth-order valence-corrected chi connectivity index (χ4v) is 3.79. The van der Waals surface area contributed by atoms with Gasteiger partial charge in [0.1, 0.15) is 11.6 Å². The molecule has 1 aromatic heterocycles. The van der Waals surface area contributed by atoms with Crippen molar-refractivity contribution in [3.8, 4) is 5.69 Å². The van der Waals surface area contributed by atoms with E-state index in [-0.39, 0.29) is 24.2 Å². The van der Waals surface area contributed by atoms with Crippen molar-refractivity contribution < 1.29 is 9.18 Å². The Bertz CT molecular complexity index is 966. The highest BCUT2D eigenvalue weighted by molar-refractivity contribution is 5.97. The number of hydrogen-bond donors (Lipinski definition) is 1. The Morgan fingerprint density at radius 1 is 1.15 bits per heavy atom. The van der Waals surface area contributed by atoms with Crippen LogP contribution in [0, 0.1) is 5.82 Å². The summed E-state index contributed by atoms with van der Waals surface area (Å²) < 4.78 is 15.2. The summed E-state index contributed by atoms with van der Waals surface area (Å²) in [6.07, 6.45) is 0.319. The molecular formula is C21H21FN4O. The van der Waals surface area contributed by atoms with Gasteiger partial charge in [-0.25, -0.2) is 9.07 Å². The van der Waals surface area contributed by atoms with Gasteiger partial charge in [-0.2, -0.15) is 5.10 Å². The summed E-state index contributed by atoms with van der Waals surface area (Å²) >= 11 is 0. The lowest BCUT2D eigenvalue weighted by molar-refractivity contribution is -0.119. The lowest BCUT2D eigenvalue weighted by atomic mass is 9.85. The number of amides is 1. The molecule has 4 rings (SSSR count). The molecule has 27 heavy (non-hydrogen) atoms. The average Bonchev–Trinajstić information content (AvgIpc) is 3.08. The zero-order valence-electron chi connectivity index (χ0n) is 15.1. The maximum absolute atomic E-state index is 13.4. The molecule has 0 spiro atoms. The monoisotopic (exact) mass is 364 g/mol. The van der Waals surface area contributed by atoms with Crippen molar-refractivity contribution in [3.05, 3.63) is 77.2 Å². The average molecular weight is 364 g/mol. The lowest BCUT2D eigenvalue weighted by Gasteiger charge is -2.32. The molecule has 0 bridgehead atoms. The highest BCUT2D eigenvalue weighted by Gasteiger charge is 2.37. The van der Waals surface area contributed by atoms with Crippen LogP contribution in [-0.2, 0) is 11.3 Å². The molecule has 1 amide bonds. The van der Waals surface area contributed by atoms with E-state index >= 15 is 0 Å². The molecule has 0 saturated heterocycles. The highest BCUT2D eigenvalue weighted by atomic mass is 19.1. The Morgan fingerprint density at radius 2 is 1.85 bits per heavy atom. The molecule has 2 N–H and O–H groups in total. The quantitative estimate of drug-likeness (QED) is 0.772. The van der Waals surface area contributed by atoms with Gasteiger partial charge in [-0.1, -0.05) is 30.3 Å². The molecule has 138 valence electrons. The number of rotatable bonds is 4. The van der Waals surface area contributed by atoms with Crippen LogP contribution in [0.4, 0.5) is 10.2 Å². The molecule has 1 aliphatic heterocycles. The fourth-order valence-electron chi connectivity index (χ4n) is 3.79. The van der Waals surface area contributed by atoms with Gasteiger partial charge in [0.2, 0.25) is 5.91 Å². The van der Waals surface area contributed by atoms with E-state index in [1.54, 1.807) is 21.7 Å². The minimum Gasteiger partial charge on any atom is -0.325 e. The lowest BCUT2D eigenvalue weighted by Crippen LogP contribution is -2.38. The van der Waals surface area contributed by atoms with E-state index in [4.69, 9.17) is 10.8 Å². The van der Waals surface area contributed by atoms with Gasteiger partial charge in [-0.05, 0) is 36.8 Å². The van der Waals surface area contributed by atoms with E-state index in [1.165, 1.54) is 12.1 Å². The third-order valence-electron chi connectivity index (χ3n) is 5.04. The number of nitrogens with zero attached hydrogens (tertiary/aromatic N) is 3. The number of fused-ring (bicyclic) bond motifs is 1. The van der Waals surface area contributed by atoms with Crippen molar-refractivity contribution in [2.24, 2.45) is 5.73 Å². The van der Waals surface area contributed by atoms with Crippen molar-refractivity contribution in [2.75, 3.05) is 11.4 Å². The summed E-state index contributed by atoms with van der Waals surface area (Å²) in [7, 11) is 0. The summed E-state index contributed by atoms with van der Waals surface area (Å²) in [6, 6.07) is 16.0. The molecule has 5 nitrogen and oxygen atoms in total. The Hall–Kier alpha value is -2.99. The van der Waals surface area contributed by atoms with E-state index in [9.17, 15) is 9.18 Å². The SMILES string of the molecule is CCN1C(=O)C[C@@H](c2ccc(F)cc2)c2c(CN)nn(-c3ccccc3)c21. The number of para-hydroxylation sites is 1. The molecule has 0 saturated carbocycles. The normalized spacial score (nSPS) is 16.5. The summed E-state index contributed by atoms with van der Waals surface area (Å²) in [5, 5.41) is 4.73. The number of hydrogen-bond acceptors (Lipinski definition) is 3. The van der Waals surface area contributed by atoms with Crippen LogP contribution in [-0.4, -0.2) is 22.2 Å². The van der Waals surface area contributed by atoms with Crippen LogP contribution in [0.2, 0.25) is 0 Å². The molecule has 0 radical (unpaired) electrons. The predicted molar refractivity (Wildman–Crippen MR) is 102 cm³/mol. The van der Waals surface area contributed by atoms with Crippen molar-refractivity contribution in [2.45, 2.75) is 25.8 Å². The predicted octanol–water partition coefficient (Wildman–Crippen LogP) is 3.36. The third kappa shape index (κ3) is 2.92. The van der Waals surface area contributed by atoms with Crippen LogP contribution in [0.5, 0.6) is 0 Å². The van der Waals surface area contributed by atoms with Crippen molar-refractivity contribution in [1.82, 2.24) is 9.78 Å². The summed E-state index contributed by atoms with van der Waals surface area (Å²) in [5.74, 6) is 0.303. The second-order valence-corrected chi connectivity index (χ2v) is 6.58. The number of carbonyl (C=O) groups is 1. The first-order chi connectivity index (χ1) is 13.1. The molecule has 0 fully saturated rings. The first kappa shape index (κ1) is 17.4. The topological polar surface area (TPSA) is 64.2 Å². The number of benzene rings is 2. The second-order valence-electron chi connectivity index (χ2n) is 6.58. The molecule has 0 unspecified atom stereocenters. The second kappa shape index (κ2) is 6.96. The largest absolute Gasteiger partial charge is 0.325 e. The Labute approximate surface area is 157 Å². The van der Waals surface area contributed by atoms with E-state index < -0.39 is 0 Å². The van der Waals surface area contributed by atoms with Gasteiger partial charge in [0.25, 0.3) is 0 Å². The minimum atomic E-state index is -0.296. The van der Waals surface area contributed by atoms with Crippen LogP contribution in [0.3, 0.4) is 0 Å². The summed E-state index contributed by atoms with van der Waals surface area (Å²) in [5.41, 5.74) is 9.49. The fraction of sp³-hybridized carbons (Fsp3) is 0.238. The van der Waals surface area contributed by atoms with Crippen LogP contribution in [0.1, 0.15) is 36.1 Å². The van der Waals surface area contributed by atoms with E-state index in [2.05, 4.69) is 0 Å². The van der Waals surface area contributed by atoms with E-state index in [0.717, 1.165) is 28.3 Å². The zero-order valence-corrected chi connectivity index (χ0v) is 15.1. The van der Waals surface area contributed by atoms with Gasteiger partial charge >= 0.3 is 0 Å². The number of anilines is 1. The molecule has 1 aliphatic rings. The van der Waals surface area contributed by atoms with Crippen LogP contribution in [0.15, 0.2) is 54.6 Å². The zero-order chi connectivity index (χ0) is 19.0. The first-order valence-electron chi connectivity index (χ1n) is 9.07. The first-order valence-corrected chi connectivity index (χ1v) is 9.07. The Morgan fingerprint density at radius 3 is 2.48 bits per heavy atom. The van der Waals surface area contributed by atoms with Gasteiger partial charge in [-0.3, -0.25) is 9.69 Å². The van der Waals surface area contributed by atoms with Gasteiger partial charge in [-0.15, -0.1) is 0 Å². The van der Waals surface area contributed by atoms with Crippen molar-refractivity contribution in [1.29, 1.82) is 0 Å². The number of halogens is 1. The number of nitrogens with two attached hydrogens (primary N) is 1. The van der Waals surface area contributed by atoms with Gasteiger partial charge in [0.15, 0.2) is 0 Å². The number of aromatic nitrogens is 2. The van der Waals surface area contributed by atoms with Crippen LogP contribution >= 0.6 is 0 Å². The smallest absolute Gasteiger partial charge is 0.229 e. The van der Waals surface area contributed by atoms with Gasteiger partial charge < -0.3 is 5.73 Å². The molecule has 0 aliphatic carbocycles. The third-order valence-corrected chi connectivity index (χ3v) is 5.04. The van der Waals surface area contributed by atoms with Crippen molar-refractivity contribution >= 4 is 11.7 Å². The maximum atomic E-state index is 13.4. The summed E-state index contributed by atoms with van der Waals surface area (Å²) in [4.78, 5) is 14.7. The van der Waals surface area contributed by atoms with Crippen LogP contribution in [0.25, 0.3) is 5.69 Å². The molecule has 2 heterocycles. The Kier molecular flexibility index (Phi) is 4.49. The van der Waals surface area contributed by atoms with Gasteiger partial charge in [0, 0.05) is 31.0 Å². The number of carbonyl (C=O) groups excluding carboxylic acids is 1. The van der Waals surface area contributed by atoms with E-state index in [1.807, 2.05) is 37.3 Å². The maximum Gasteiger partial charge on any atom is 0.229 e. The molecular weight excluding hydrogens is 343 g/mol. The highest BCUT2D eigenvalue weighted by Crippen LogP contribution is 2.43. The minimum absolute atomic E-state index is 0.0278. The van der Waals surface area contributed by atoms with Crippen molar-refractivity contribution in [3.63, 3.8) is 0 Å². The molecule has 3 aromatic rings. The summed E-state index contributed by atoms with van der Waals surface area (Å²) in [6.45, 7) is 2.76. The van der Waals surface area contributed by atoms with Crippen LogP contribution < -0.4 is 10.6 Å².